The summed E-state index contributed by atoms with van der Waals surface area (Å²) in [6, 6.07) is 20.2. The summed E-state index contributed by atoms with van der Waals surface area (Å²) in [5.74, 6) is -1.10. The first-order chi connectivity index (χ1) is 15.0. The van der Waals surface area contributed by atoms with E-state index in [4.69, 9.17) is 4.74 Å². The van der Waals surface area contributed by atoms with Crippen molar-refractivity contribution in [2.45, 2.75) is 6.92 Å². The second-order valence-corrected chi connectivity index (χ2v) is 7.04. The van der Waals surface area contributed by atoms with Crippen LogP contribution in [0, 0.1) is 0 Å². The Hall–Kier alpha value is -4.00. The second-order valence-electron chi connectivity index (χ2n) is 7.04. The van der Waals surface area contributed by atoms with Crippen molar-refractivity contribution in [3.8, 4) is 0 Å². The summed E-state index contributed by atoms with van der Waals surface area (Å²) in [6.45, 7) is 1.85. The predicted molar refractivity (Wildman–Crippen MR) is 119 cm³/mol. The molecule has 4 rings (SSSR count). The molecule has 0 saturated carbocycles. The molecular weight excluding hydrogens is 394 g/mol. The van der Waals surface area contributed by atoms with Gasteiger partial charge in [-0.05, 0) is 24.4 Å². The highest BCUT2D eigenvalue weighted by atomic mass is 16.5. The van der Waals surface area contributed by atoms with Gasteiger partial charge in [0.25, 0.3) is 11.5 Å². The van der Waals surface area contributed by atoms with E-state index in [2.05, 4.69) is 5.10 Å². The molecule has 0 N–H and O–H groups in total. The van der Waals surface area contributed by atoms with Crippen LogP contribution in [0.15, 0.2) is 71.5 Å². The van der Waals surface area contributed by atoms with E-state index in [1.165, 1.54) is 7.05 Å². The highest BCUT2D eigenvalue weighted by molar-refractivity contribution is 6.06. The van der Waals surface area contributed by atoms with Crippen LogP contribution in [0.5, 0.6) is 0 Å². The average molecular weight is 415 g/mol. The van der Waals surface area contributed by atoms with E-state index in [1.54, 1.807) is 29.2 Å². The third kappa shape index (κ3) is 3.77. The second kappa shape index (κ2) is 8.39. The van der Waals surface area contributed by atoms with E-state index in [1.807, 2.05) is 49.4 Å². The van der Waals surface area contributed by atoms with Crippen LogP contribution in [0.2, 0.25) is 0 Å². The Morgan fingerprint density at radius 3 is 2.32 bits per heavy atom. The van der Waals surface area contributed by atoms with E-state index in [0.717, 1.165) is 21.1 Å². The highest BCUT2D eigenvalue weighted by Gasteiger charge is 2.21. The molecule has 31 heavy (non-hydrogen) atoms. The number of carbonyl (C=O) groups excluding carboxylic acids is 2. The maximum absolute atomic E-state index is 12.9. The molecule has 0 saturated heterocycles. The fourth-order valence-electron chi connectivity index (χ4n) is 3.65. The molecule has 0 aliphatic heterocycles. The molecule has 4 aromatic rings. The first-order valence-electron chi connectivity index (χ1n) is 9.92. The minimum Gasteiger partial charge on any atom is -0.451 e. The van der Waals surface area contributed by atoms with Gasteiger partial charge in [-0.15, -0.1) is 0 Å². The Kier molecular flexibility index (Phi) is 5.49. The fraction of sp³-hybridized carbons (Fsp3) is 0.167. The van der Waals surface area contributed by atoms with Crippen LogP contribution in [0.3, 0.4) is 0 Å². The van der Waals surface area contributed by atoms with E-state index in [9.17, 15) is 14.4 Å². The Bertz CT molecular complexity index is 1350. The number of hydrogen-bond donors (Lipinski definition) is 0. The van der Waals surface area contributed by atoms with Crippen LogP contribution in [0.25, 0.3) is 21.5 Å². The zero-order valence-electron chi connectivity index (χ0n) is 17.2. The number of aromatic nitrogens is 2. The number of hydrogen-bond acceptors (Lipinski definition) is 5. The molecule has 1 aromatic heterocycles. The summed E-state index contributed by atoms with van der Waals surface area (Å²) < 4.78 is 6.39. The van der Waals surface area contributed by atoms with E-state index < -0.39 is 12.6 Å². The van der Waals surface area contributed by atoms with Crippen molar-refractivity contribution in [1.29, 1.82) is 0 Å². The molecule has 0 bridgehead atoms. The van der Waals surface area contributed by atoms with Crippen molar-refractivity contribution < 1.29 is 14.3 Å². The number of aryl methyl sites for hydroxylation is 1. The minimum atomic E-state index is -0.755. The SMILES string of the molecule is CCN(C(=O)COC(=O)c1nn(C)c(=O)c2ccccc12)c1cccc2ccccc12. The fourth-order valence-corrected chi connectivity index (χ4v) is 3.65. The lowest BCUT2D eigenvalue weighted by Gasteiger charge is -2.22. The lowest BCUT2D eigenvalue weighted by Crippen LogP contribution is -2.35. The summed E-state index contributed by atoms with van der Waals surface area (Å²) in [5.41, 5.74) is 0.447. The van der Waals surface area contributed by atoms with Gasteiger partial charge in [-0.1, -0.05) is 54.6 Å². The van der Waals surface area contributed by atoms with Crippen molar-refractivity contribution in [3.05, 3.63) is 82.8 Å². The molecule has 3 aromatic carbocycles. The smallest absolute Gasteiger partial charge is 0.359 e. The van der Waals surface area contributed by atoms with Gasteiger partial charge < -0.3 is 9.64 Å². The van der Waals surface area contributed by atoms with Crippen molar-refractivity contribution in [2.75, 3.05) is 18.1 Å². The summed E-state index contributed by atoms with van der Waals surface area (Å²) in [6.07, 6.45) is 0. The van der Waals surface area contributed by atoms with Gasteiger partial charge in [-0.25, -0.2) is 9.48 Å². The third-order valence-electron chi connectivity index (χ3n) is 5.15. The predicted octanol–water partition coefficient (Wildman–Crippen LogP) is 3.30. The molecule has 0 radical (unpaired) electrons. The molecule has 0 spiro atoms. The summed E-state index contributed by atoms with van der Waals surface area (Å²) >= 11 is 0. The van der Waals surface area contributed by atoms with Gasteiger partial charge in [-0.2, -0.15) is 5.10 Å². The number of ether oxygens (including phenoxy) is 1. The minimum absolute atomic E-state index is 0.00120. The normalized spacial score (nSPS) is 10.9. The number of carbonyl (C=O) groups is 2. The standard InChI is InChI=1S/C24H21N3O4/c1-3-27(20-14-8-10-16-9-4-5-11-17(16)20)21(28)15-31-24(30)22-18-12-6-7-13-19(18)23(29)26(2)25-22/h4-14H,3,15H2,1-2H3. The van der Waals surface area contributed by atoms with Gasteiger partial charge in [0, 0.05) is 24.4 Å². The molecule has 7 heteroatoms. The molecule has 7 nitrogen and oxygen atoms in total. The molecule has 0 aliphatic carbocycles. The first kappa shape index (κ1) is 20.3. The summed E-state index contributed by atoms with van der Waals surface area (Å²) in [7, 11) is 1.47. The van der Waals surface area contributed by atoms with Gasteiger partial charge in [0.1, 0.15) is 0 Å². The topological polar surface area (TPSA) is 81.5 Å². The molecule has 0 atom stereocenters. The van der Waals surface area contributed by atoms with Gasteiger partial charge in [0.15, 0.2) is 12.3 Å². The van der Waals surface area contributed by atoms with Crippen molar-refractivity contribution in [3.63, 3.8) is 0 Å². The van der Waals surface area contributed by atoms with Gasteiger partial charge >= 0.3 is 5.97 Å². The number of benzene rings is 3. The molecule has 0 fully saturated rings. The number of likely N-dealkylation sites (N-methyl/N-ethyl adjacent to an activating group) is 1. The van der Waals surface area contributed by atoms with Gasteiger partial charge in [0.2, 0.25) is 0 Å². The number of anilines is 1. The van der Waals surface area contributed by atoms with Gasteiger partial charge in [0.05, 0.1) is 11.1 Å². The number of nitrogens with zero attached hydrogens (tertiary/aromatic N) is 3. The molecule has 1 amide bonds. The van der Waals surface area contributed by atoms with E-state index in [-0.39, 0.29) is 17.2 Å². The molecular formula is C24H21N3O4. The van der Waals surface area contributed by atoms with Crippen LogP contribution < -0.4 is 10.5 Å². The number of amides is 1. The largest absolute Gasteiger partial charge is 0.451 e. The van der Waals surface area contributed by atoms with E-state index in [0.29, 0.717) is 17.3 Å². The Labute approximate surface area is 178 Å². The molecule has 1 heterocycles. The van der Waals surface area contributed by atoms with Crippen LogP contribution in [-0.2, 0) is 16.6 Å². The van der Waals surface area contributed by atoms with Crippen LogP contribution in [0.4, 0.5) is 5.69 Å². The van der Waals surface area contributed by atoms with Crippen molar-refractivity contribution >= 4 is 39.1 Å². The van der Waals surface area contributed by atoms with Crippen molar-refractivity contribution in [2.24, 2.45) is 7.05 Å². The maximum atomic E-state index is 12.9. The van der Waals surface area contributed by atoms with Gasteiger partial charge in [-0.3, -0.25) is 9.59 Å². The Balaban J connectivity index is 1.58. The molecule has 156 valence electrons. The highest BCUT2D eigenvalue weighted by Crippen LogP contribution is 2.26. The summed E-state index contributed by atoms with van der Waals surface area (Å²) in [5, 5.41) is 6.77. The molecule has 0 aliphatic rings. The van der Waals surface area contributed by atoms with Crippen LogP contribution in [0.1, 0.15) is 17.4 Å². The van der Waals surface area contributed by atoms with Crippen LogP contribution in [-0.4, -0.2) is 34.8 Å². The zero-order valence-corrected chi connectivity index (χ0v) is 17.2. The van der Waals surface area contributed by atoms with E-state index >= 15 is 0 Å². The number of rotatable bonds is 5. The zero-order chi connectivity index (χ0) is 22.0. The first-order valence-corrected chi connectivity index (χ1v) is 9.92. The average Bonchev–Trinajstić information content (AvgIpc) is 2.80. The maximum Gasteiger partial charge on any atom is 0.359 e. The molecule has 0 unspecified atom stereocenters. The Morgan fingerprint density at radius 2 is 1.58 bits per heavy atom. The Morgan fingerprint density at radius 1 is 0.935 bits per heavy atom. The third-order valence-corrected chi connectivity index (χ3v) is 5.15. The van der Waals surface area contributed by atoms with Crippen molar-refractivity contribution in [1.82, 2.24) is 9.78 Å². The lowest BCUT2D eigenvalue weighted by molar-refractivity contribution is -0.121. The lowest BCUT2D eigenvalue weighted by atomic mass is 10.1. The van der Waals surface area contributed by atoms with Crippen LogP contribution >= 0.6 is 0 Å². The number of esters is 1. The summed E-state index contributed by atoms with van der Waals surface area (Å²) in [4.78, 5) is 39.5. The monoisotopic (exact) mass is 415 g/mol. The quantitative estimate of drug-likeness (QED) is 0.467. The number of fused-ring (bicyclic) bond motifs is 2.